The summed E-state index contributed by atoms with van der Waals surface area (Å²) >= 11 is 0. The fourth-order valence-corrected chi connectivity index (χ4v) is 7.14. The van der Waals surface area contributed by atoms with Crippen LogP contribution in [0.15, 0.2) is 36.4 Å². The van der Waals surface area contributed by atoms with Gasteiger partial charge in [-0.2, -0.15) is 0 Å². The van der Waals surface area contributed by atoms with Crippen LogP contribution in [-0.4, -0.2) is 34.6 Å². The van der Waals surface area contributed by atoms with Gasteiger partial charge in [0.05, 0.1) is 6.33 Å². The number of hydrogen-bond acceptors (Lipinski definition) is 2. The van der Waals surface area contributed by atoms with Crippen molar-refractivity contribution in [2.75, 3.05) is 20.1 Å². The molecule has 0 aromatic carbocycles. The fraction of sp³-hybridized carbons (Fsp3) is 0.696. The Bertz CT molecular complexity index is 746. The fourth-order valence-electron chi connectivity index (χ4n) is 7.14. The van der Waals surface area contributed by atoms with Crippen LogP contribution in [0.5, 0.6) is 0 Å². The highest BCUT2D eigenvalue weighted by atomic mass is 15.1. The molecule has 0 spiro atoms. The number of allylic oxidation sites excluding steroid dienone is 3. The summed E-state index contributed by atoms with van der Waals surface area (Å²) in [5, 5.41) is 0. The van der Waals surface area contributed by atoms with Gasteiger partial charge in [-0.15, -0.1) is 0 Å². The van der Waals surface area contributed by atoms with Gasteiger partial charge >= 0.3 is 0 Å². The number of nitrogens with zero attached hydrogens (tertiary/aromatic N) is 3. The van der Waals surface area contributed by atoms with Crippen LogP contribution in [0.1, 0.15) is 52.4 Å². The maximum absolute atomic E-state index is 4.31. The minimum absolute atomic E-state index is 0.334. The summed E-state index contributed by atoms with van der Waals surface area (Å²) in [6.45, 7) is 7.55. The second-order valence-electron chi connectivity index (χ2n) is 9.83. The number of fused-ring (bicyclic) bond motifs is 5. The molecule has 5 rings (SSSR count). The Morgan fingerprint density at radius 1 is 1.08 bits per heavy atom. The van der Waals surface area contributed by atoms with Gasteiger partial charge in [-0.25, -0.2) is 4.98 Å². The van der Waals surface area contributed by atoms with Crippen molar-refractivity contribution in [3.8, 4) is 0 Å². The number of aromatic nitrogens is 2. The standard InChI is InChI=1S/C23H33N3/c1-22-11-14-25(3)13-9-17(22)4-5-18-19-6-7-21(26-15-12-24-16-26)23(19,2)10-8-20(18)22/h7,9,12,15-16,18-20H,4-6,8,10-11,13-14H2,1-3H3/t18-,19-,20-,22-,23-/m0/s1. The van der Waals surface area contributed by atoms with E-state index in [1.165, 1.54) is 50.8 Å². The normalized spacial score (nSPS) is 43.0. The van der Waals surface area contributed by atoms with E-state index in [0.717, 1.165) is 24.3 Å². The van der Waals surface area contributed by atoms with Crippen LogP contribution in [0.3, 0.4) is 0 Å². The average molecular weight is 352 g/mol. The van der Waals surface area contributed by atoms with Crippen molar-refractivity contribution in [2.24, 2.45) is 28.6 Å². The van der Waals surface area contributed by atoms with E-state index in [1.54, 1.807) is 5.57 Å². The van der Waals surface area contributed by atoms with Gasteiger partial charge in [0.2, 0.25) is 0 Å². The minimum Gasteiger partial charge on any atom is -0.310 e. The maximum atomic E-state index is 4.31. The number of likely N-dealkylation sites (N-methyl/N-ethyl adjacent to an activating group) is 1. The highest BCUT2D eigenvalue weighted by Crippen LogP contribution is 2.65. The summed E-state index contributed by atoms with van der Waals surface area (Å²) in [5.41, 5.74) is 4.08. The molecule has 140 valence electrons. The minimum atomic E-state index is 0.334. The summed E-state index contributed by atoms with van der Waals surface area (Å²) in [4.78, 5) is 6.82. The molecule has 2 heterocycles. The molecule has 0 amide bonds. The topological polar surface area (TPSA) is 21.1 Å². The Labute approximate surface area is 158 Å². The van der Waals surface area contributed by atoms with Gasteiger partial charge in [0.25, 0.3) is 0 Å². The molecule has 0 saturated heterocycles. The smallest absolute Gasteiger partial charge is 0.0989 e. The summed E-state index contributed by atoms with van der Waals surface area (Å²) in [6.07, 6.45) is 19.2. The third-order valence-corrected chi connectivity index (χ3v) is 8.72. The summed E-state index contributed by atoms with van der Waals surface area (Å²) in [5.74, 6) is 2.58. The van der Waals surface area contributed by atoms with E-state index in [9.17, 15) is 0 Å². The predicted octanol–water partition coefficient (Wildman–Crippen LogP) is 4.84. The Balaban J connectivity index is 1.47. The molecular weight excluding hydrogens is 318 g/mol. The highest BCUT2D eigenvalue weighted by Gasteiger charge is 2.56. The molecule has 3 nitrogen and oxygen atoms in total. The molecule has 3 heteroatoms. The molecule has 1 aromatic rings. The summed E-state index contributed by atoms with van der Waals surface area (Å²) in [6, 6.07) is 0. The lowest BCUT2D eigenvalue weighted by Crippen LogP contribution is -2.49. The zero-order chi connectivity index (χ0) is 17.9. The van der Waals surface area contributed by atoms with E-state index in [4.69, 9.17) is 0 Å². The molecule has 2 saturated carbocycles. The Morgan fingerprint density at radius 3 is 2.77 bits per heavy atom. The van der Waals surface area contributed by atoms with Crippen LogP contribution in [0, 0.1) is 28.6 Å². The Morgan fingerprint density at radius 2 is 1.96 bits per heavy atom. The van der Waals surface area contributed by atoms with Crippen molar-refractivity contribution < 1.29 is 0 Å². The molecule has 26 heavy (non-hydrogen) atoms. The molecule has 1 aromatic heterocycles. The lowest BCUT2D eigenvalue weighted by Gasteiger charge is -2.57. The lowest BCUT2D eigenvalue weighted by molar-refractivity contribution is -0.0207. The molecule has 0 bridgehead atoms. The molecule has 4 aliphatic rings. The van der Waals surface area contributed by atoms with Crippen LogP contribution >= 0.6 is 0 Å². The van der Waals surface area contributed by atoms with Crippen LogP contribution in [0.2, 0.25) is 0 Å². The monoisotopic (exact) mass is 351 g/mol. The van der Waals surface area contributed by atoms with Gasteiger partial charge in [-0.05, 0) is 75.3 Å². The van der Waals surface area contributed by atoms with Crippen LogP contribution in [0.4, 0.5) is 0 Å². The Kier molecular flexibility index (Phi) is 3.76. The molecule has 0 unspecified atom stereocenters. The molecule has 5 atom stereocenters. The van der Waals surface area contributed by atoms with Crippen molar-refractivity contribution in [3.05, 3.63) is 36.4 Å². The average Bonchev–Trinajstić information content (AvgIpc) is 3.22. The van der Waals surface area contributed by atoms with E-state index in [2.05, 4.69) is 53.7 Å². The first-order chi connectivity index (χ1) is 12.5. The van der Waals surface area contributed by atoms with Gasteiger partial charge in [0.1, 0.15) is 0 Å². The maximum Gasteiger partial charge on any atom is 0.0989 e. The first-order valence-corrected chi connectivity index (χ1v) is 10.6. The first-order valence-electron chi connectivity index (χ1n) is 10.6. The second kappa shape index (κ2) is 5.82. The highest BCUT2D eigenvalue weighted by molar-refractivity contribution is 5.56. The van der Waals surface area contributed by atoms with Crippen molar-refractivity contribution in [3.63, 3.8) is 0 Å². The molecule has 3 aliphatic carbocycles. The van der Waals surface area contributed by atoms with Crippen molar-refractivity contribution in [1.82, 2.24) is 14.5 Å². The molecule has 2 fully saturated rings. The summed E-state index contributed by atoms with van der Waals surface area (Å²) < 4.78 is 2.29. The van der Waals surface area contributed by atoms with Gasteiger partial charge in [-0.1, -0.05) is 31.6 Å². The van der Waals surface area contributed by atoms with Crippen LogP contribution < -0.4 is 0 Å². The number of rotatable bonds is 1. The quantitative estimate of drug-likeness (QED) is 0.675. The predicted molar refractivity (Wildman–Crippen MR) is 106 cm³/mol. The number of imidazole rings is 1. The van der Waals surface area contributed by atoms with Gasteiger partial charge < -0.3 is 9.47 Å². The van der Waals surface area contributed by atoms with E-state index in [0.29, 0.717) is 10.8 Å². The van der Waals surface area contributed by atoms with Gasteiger partial charge in [0.15, 0.2) is 0 Å². The van der Waals surface area contributed by atoms with Gasteiger partial charge in [-0.3, -0.25) is 0 Å². The zero-order valence-electron chi connectivity index (χ0n) is 16.6. The van der Waals surface area contributed by atoms with E-state index in [1.807, 2.05) is 12.5 Å². The van der Waals surface area contributed by atoms with E-state index in [-0.39, 0.29) is 0 Å². The largest absolute Gasteiger partial charge is 0.310 e. The van der Waals surface area contributed by atoms with Crippen LogP contribution in [-0.2, 0) is 0 Å². The second-order valence-corrected chi connectivity index (χ2v) is 9.83. The zero-order valence-corrected chi connectivity index (χ0v) is 16.6. The van der Waals surface area contributed by atoms with Crippen LogP contribution in [0.25, 0.3) is 5.70 Å². The molecular formula is C23H33N3. The third-order valence-electron chi connectivity index (χ3n) is 8.72. The third kappa shape index (κ3) is 2.25. The molecule has 0 radical (unpaired) electrons. The number of hydrogen-bond donors (Lipinski definition) is 0. The Hall–Kier alpha value is -1.35. The van der Waals surface area contributed by atoms with Crippen molar-refractivity contribution in [1.29, 1.82) is 0 Å². The first kappa shape index (κ1) is 16.8. The van der Waals surface area contributed by atoms with Crippen molar-refractivity contribution in [2.45, 2.75) is 52.4 Å². The van der Waals surface area contributed by atoms with E-state index < -0.39 is 0 Å². The molecule has 0 N–H and O–H groups in total. The molecule has 1 aliphatic heterocycles. The van der Waals surface area contributed by atoms with Gasteiger partial charge in [0, 0.05) is 30.1 Å². The lowest BCUT2D eigenvalue weighted by atomic mass is 9.48. The summed E-state index contributed by atoms with van der Waals surface area (Å²) in [7, 11) is 2.28. The van der Waals surface area contributed by atoms with Crippen molar-refractivity contribution >= 4 is 5.70 Å². The SMILES string of the molecule is CN1CC=C2CC[C@@H]3[C@H](CC[C@]4(C)C(n5ccnc5)=CC[C@@H]34)[C@@]2(C)CC1. The van der Waals surface area contributed by atoms with E-state index >= 15 is 0 Å².